The van der Waals surface area contributed by atoms with Gasteiger partial charge in [-0.15, -0.1) is 0 Å². The first-order valence-corrected chi connectivity index (χ1v) is 4.36. The van der Waals surface area contributed by atoms with Crippen LogP contribution >= 0.6 is 0 Å². The van der Waals surface area contributed by atoms with Crippen molar-refractivity contribution in [2.75, 3.05) is 0 Å². The predicted octanol–water partition coefficient (Wildman–Crippen LogP) is 1.95. The van der Waals surface area contributed by atoms with Crippen molar-refractivity contribution in [1.82, 2.24) is 19.9 Å². The van der Waals surface area contributed by atoms with E-state index in [1.165, 1.54) is 0 Å². The minimum absolute atomic E-state index is 0.894. The lowest BCUT2D eigenvalue weighted by Gasteiger charge is -1.91. The highest BCUT2D eigenvalue weighted by Crippen LogP contribution is 2.24. The molecule has 3 heterocycles. The van der Waals surface area contributed by atoms with E-state index in [0.29, 0.717) is 0 Å². The normalized spacial score (nSPS) is 10.9. The molecule has 0 fully saturated rings. The van der Waals surface area contributed by atoms with E-state index in [2.05, 4.69) is 19.9 Å². The van der Waals surface area contributed by atoms with Gasteiger partial charge in [0.25, 0.3) is 0 Å². The molecular weight excluding hydrogens is 176 g/mol. The van der Waals surface area contributed by atoms with E-state index >= 15 is 0 Å². The summed E-state index contributed by atoms with van der Waals surface area (Å²) in [5.41, 5.74) is 2.91. The van der Waals surface area contributed by atoms with Gasteiger partial charge in [-0.1, -0.05) is 0 Å². The average Bonchev–Trinajstić information content (AvgIpc) is 2.85. The first-order chi connectivity index (χ1) is 6.95. The lowest BCUT2D eigenvalue weighted by Crippen LogP contribution is -1.75. The topological polar surface area (TPSA) is 57.4 Å². The molecule has 3 aromatic rings. The Bertz CT molecular complexity index is 550. The highest BCUT2D eigenvalue weighted by atomic mass is 14.9. The predicted molar refractivity (Wildman–Crippen MR) is 53.7 cm³/mol. The second-order valence-corrected chi connectivity index (χ2v) is 3.06. The van der Waals surface area contributed by atoms with Crippen LogP contribution in [0.3, 0.4) is 0 Å². The second-order valence-electron chi connectivity index (χ2n) is 3.06. The van der Waals surface area contributed by atoms with Gasteiger partial charge in [-0.2, -0.15) is 0 Å². The highest BCUT2D eigenvalue weighted by Gasteiger charge is 2.06. The van der Waals surface area contributed by atoms with E-state index in [0.717, 1.165) is 22.3 Å². The minimum atomic E-state index is 0.894. The molecule has 3 rings (SSSR count). The fourth-order valence-electron chi connectivity index (χ4n) is 1.58. The quantitative estimate of drug-likeness (QED) is 0.607. The van der Waals surface area contributed by atoms with Crippen LogP contribution in [0.25, 0.3) is 22.3 Å². The van der Waals surface area contributed by atoms with Crippen LogP contribution in [0.2, 0.25) is 0 Å². The van der Waals surface area contributed by atoms with Crippen molar-refractivity contribution < 1.29 is 0 Å². The van der Waals surface area contributed by atoms with Gasteiger partial charge in [0, 0.05) is 29.5 Å². The van der Waals surface area contributed by atoms with Crippen LogP contribution in [0.1, 0.15) is 0 Å². The number of fused-ring (bicyclic) bond motifs is 1. The second kappa shape index (κ2) is 2.70. The third kappa shape index (κ3) is 0.939. The number of rotatable bonds is 1. The SMILES string of the molecule is c1cnc2[nH]cc(-c3c[nH]cn3)c2c1. The summed E-state index contributed by atoms with van der Waals surface area (Å²) in [6.07, 6.45) is 7.24. The van der Waals surface area contributed by atoms with Crippen molar-refractivity contribution in [3.8, 4) is 11.3 Å². The number of hydrogen-bond acceptors (Lipinski definition) is 2. The van der Waals surface area contributed by atoms with E-state index in [9.17, 15) is 0 Å². The van der Waals surface area contributed by atoms with Gasteiger partial charge >= 0.3 is 0 Å². The maximum atomic E-state index is 4.22. The molecule has 0 aliphatic heterocycles. The summed E-state index contributed by atoms with van der Waals surface area (Å²) in [7, 11) is 0. The molecule has 0 aliphatic carbocycles. The number of pyridine rings is 1. The first-order valence-electron chi connectivity index (χ1n) is 4.36. The van der Waals surface area contributed by atoms with Gasteiger partial charge in [0.2, 0.25) is 0 Å². The van der Waals surface area contributed by atoms with Crippen molar-refractivity contribution in [2.24, 2.45) is 0 Å². The maximum absolute atomic E-state index is 4.22. The van der Waals surface area contributed by atoms with Gasteiger partial charge in [0.1, 0.15) is 5.65 Å². The zero-order valence-corrected chi connectivity index (χ0v) is 7.36. The van der Waals surface area contributed by atoms with Crippen LogP contribution in [-0.4, -0.2) is 19.9 Å². The summed E-state index contributed by atoms with van der Waals surface area (Å²) in [5, 5.41) is 1.10. The third-order valence-electron chi connectivity index (χ3n) is 2.23. The van der Waals surface area contributed by atoms with E-state index in [1.54, 1.807) is 12.5 Å². The first kappa shape index (κ1) is 7.32. The third-order valence-corrected chi connectivity index (χ3v) is 2.23. The van der Waals surface area contributed by atoms with Gasteiger partial charge in [-0.25, -0.2) is 9.97 Å². The van der Waals surface area contributed by atoms with Crippen LogP contribution in [0.4, 0.5) is 0 Å². The number of hydrogen-bond donors (Lipinski definition) is 2. The number of nitrogens with one attached hydrogen (secondary N) is 2. The van der Waals surface area contributed by atoms with Crippen LogP contribution in [0.15, 0.2) is 37.1 Å². The zero-order valence-electron chi connectivity index (χ0n) is 7.36. The molecule has 0 atom stereocenters. The molecule has 0 unspecified atom stereocenters. The molecule has 2 N–H and O–H groups in total. The molecule has 0 aromatic carbocycles. The fourth-order valence-corrected chi connectivity index (χ4v) is 1.58. The largest absolute Gasteiger partial charge is 0.351 e. The molecule has 0 bridgehead atoms. The average molecular weight is 184 g/mol. The molecule has 4 heteroatoms. The van der Waals surface area contributed by atoms with Crippen molar-refractivity contribution in [3.63, 3.8) is 0 Å². The molecule has 0 amide bonds. The van der Waals surface area contributed by atoms with E-state index < -0.39 is 0 Å². The van der Waals surface area contributed by atoms with Crippen LogP contribution in [0.5, 0.6) is 0 Å². The summed E-state index contributed by atoms with van der Waals surface area (Å²) in [6.45, 7) is 0. The fraction of sp³-hybridized carbons (Fsp3) is 0. The number of imidazole rings is 1. The molecule has 0 spiro atoms. The molecule has 0 radical (unpaired) electrons. The minimum Gasteiger partial charge on any atom is -0.351 e. The molecule has 3 aromatic heterocycles. The van der Waals surface area contributed by atoms with E-state index in [4.69, 9.17) is 0 Å². The van der Waals surface area contributed by atoms with Gasteiger partial charge in [0.15, 0.2) is 0 Å². The molecule has 68 valence electrons. The molecule has 0 saturated carbocycles. The standard InChI is InChI=1S/C10H8N4/c1-2-7-8(9-5-11-6-14-9)4-13-10(7)12-3-1/h1-6H,(H,11,14)(H,12,13). The molecule has 14 heavy (non-hydrogen) atoms. The zero-order chi connectivity index (χ0) is 9.38. The summed E-state index contributed by atoms with van der Waals surface area (Å²) in [5.74, 6) is 0. The Balaban J connectivity index is 2.33. The maximum Gasteiger partial charge on any atom is 0.137 e. The number of H-pyrrole nitrogens is 2. The van der Waals surface area contributed by atoms with Gasteiger partial charge in [-0.3, -0.25) is 0 Å². The highest BCUT2D eigenvalue weighted by molar-refractivity contribution is 5.92. The molecule has 0 saturated heterocycles. The summed E-state index contributed by atoms with van der Waals surface area (Å²) < 4.78 is 0. The Morgan fingerprint density at radius 2 is 2.14 bits per heavy atom. The number of aromatic amines is 2. The van der Waals surface area contributed by atoms with Crippen molar-refractivity contribution in [1.29, 1.82) is 0 Å². The lowest BCUT2D eigenvalue weighted by molar-refractivity contribution is 1.31. The smallest absolute Gasteiger partial charge is 0.137 e. The van der Waals surface area contributed by atoms with Crippen molar-refractivity contribution >= 4 is 11.0 Å². The Labute approximate surface area is 80.0 Å². The van der Waals surface area contributed by atoms with Crippen LogP contribution in [0, 0.1) is 0 Å². The Hall–Kier alpha value is -2.10. The number of aromatic nitrogens is 4. The molecule has 0 aliphatic rings. The van der Waals surface area contributed by atoms with E-state index in [1.807, 2.05) is 24.5 Å². The van der Waals surface area contributed by atoms with E-state index in [-0.39, 0.29) is 0 Å². The Kier molecular flexibility index (Phi) is 1.41. The van der Waals surface area contributed by atoms with Crippen molar-refractivity contribution in [2.45, 2.75) is 0 Å². The van der Waals surface area contributed by atoms with Crippen LogP contribution < -0.4 is 0 Å². The van der Waals surface area contributed by atoms with Crippen LogP contribution in [-0.2, 0) is 0 Å². The monoisotopic (exact) mass is 184 g/mol. The number of nitrogens with zero attached hydrogens (tertiary/aromatic N) is 2. The molecule has 4 nitrogen and oxygen atoms in total. The molecular formula is C10H8N4. The van der Waals surface area contributed by atoms with Crippen molar-refractivity contribution in [3.05, 3.63) is 37.1 Å². The van der Waals surface area contributed by atoms with Gasteiger partial charge < -0.3 is 9.97 Å². The summed E-state index contributed by atoms with van der Waals surface area (Å²) in [6, 6.07) is 3.95. The van der Waals surface area contributed by atoms with Gasteiger partial charge in [0.05, 0.1) is 12.0 Å². The Morgan fingerprint density at radius 1 is 1.14 bits per heavy atom. The summed E-state index contributed by atoms with van der Waals surface area (Å²) in [4.78, 5) is 14.5. The Morgan fingerprint density at radius 3 is 3.00 bits per heavy atom. The van der Waals surface area contributed by atoms with Gasteiger partial charge in [-0.05, 0) is 12.1 Å². The summed E-state index contributed by atoms with van der Waals surface area (Å²) >= 11 is 0. The lowest BCUT2D eigenvalue weighted by atomic mass is 10.2.